The molecular formula is C13H24N2O2. The number of nitrogens with zero attached hydrogens (tertiary/aromatic N) is 1. The average Bonchev–Trinajstić information content (AvgIpc) is 2.55. The van der Waals surface area contributed by atoms with Gasteiger partial charge in [0.15, 0.2) is 0 Å². The molecule has 0 bridgehead atoms. The molecule has 0 saturated carbocycles. The minimum atomic E-state index is 0.249. The highest BCUT2D eigenvalue weighted by atomic mass is 16.5. The SMILES string of the molecule is CC1(CNCC(=O)N2CCCCCC2)COC1. The van der Waals surface area contributed by atoms with Gasteiger partial charge in [0, 0.05) is 25.0 Å². The lowest BCUT2D eigenvalue weighted by Crippen LogP contribution is -2.49. The number of carbonyl (C=O) groups excluding carboxylic acids is 1. The number of rotatable bonds is 4. The Morgan fingerprint density at radius 3 is 2.41 bits per heavy atom. The first-order chi connectivity index (χ1) is 8.20. The van der Waals surface area contributed by atoms with E-state index in [-0.39, 0.29) is 11.3 Å². The lowest BCUT2D eigenvalue weighted by atomic mass is 9.89. The normalized spacial score (nSPS) is 23.9. The van der Waals surface area contributed by atoms with Gasteiger partial charge in [-0.3, -0.25) is 4.79 Å². The van der Waals surface area contributed by atoms with Gasteiger partial charge in [0.25, 0.3) is 0 Å². The van der Waals surface area contributed by atoms with Crippen molar-refractivity contribution in [3.63, 3.8) is 0 Å². The van der Waals surface area contributed by atoms with Crippen molar-refractivity contribution in [2.45, 2.75) is 32.6 Å². The van der Waals surface area contributed by atoms with E-state index in [1.165, 1.54) is 12.8 Å². The fraction of sp³-hybridized carbons (Fsp3) is 0.923. The molecule has 0 spiro atoms. The highest BCUT2D eigenvalue weighted by molar-refractivity contribution is 5.78. The van der Waals surface area contributed by atoms with Crippen LogP contribution in [0.4, 0.5) is 0 Å². The number of nitrogens with one attached hydrogen (secondary N) is 1. The maximum absolute atomic E-state index is 12.0. The molecule has 0 aromatic rings. The zero-order valence-electron chi connectivity index (χ0n) is 10.8. The number of amides is 1. The summed E-state index contributed by atoms with van der Waals surface area (Å²) in [6.45, 7) is 7.08. The minimum absolute atomic E-state index is 0.249. The summed E-state index contributed by atoms with van der Waals surface area (Å²) in [5.74, 6) is 0.260. The van der Waals surface area contributed by atoms with Gasteiger partial charge in [-0.2, -0.15) is 0 Å². The highest BCUT2D eigenvalue weighted by Crippen LogP contribution is 2.24. The third kappa shape index (κ3) is 3.68. The maximum Gasteiger partial charge on any atom is 0.236 e. The maximum atomic E-state index is 12.0. The summed E-state index contributed by atoms with van der Waals surface area (Å²) < 4.78 is 5.19. The number of likely N-dealkylation sites (tertiary alicyclic amines) is 1. The van der Waals surface area contributed by atoms with E-state index in [2.05, 4.69) is 12.2 Å². The molecule has 4 heteroatoms. The first-order valence-corrected chi connectivity index (χ1v) is 6.76. The van der Waals surface area contributed by atoms with Crippen LogP contribution in [0.5, 0.6) is 0 Å². The van der Waals surface area contributed by atoms with Crippen LogP contribution in [-0.2, 0) is 9.53 Å². The van der Waals surface area contributed by atoms with E-state index in [0.29, 0.717) is 6.54 Å². The smallest absolute Gasteiger partial charge is 0.236 e. The molecule has 1 amide bonds. The lowest BCUT2D eigenvalue weighted by molar-refractivity contribution is -0.131. The predicted octanol–water partition coefficient (Wildman–Crippen LogP) is 1.02. The van der Waals surface area contributed by atoms with Crippen LogP contribution in [0.25, 0.3) is 0 Å². The molecule has 17 heavy (non-hydrogen) atoms. The molecule has 0 aromatic carbocycles. The van der Waals surface area contributed by atoms with Crippen molar-refractivity contribution >= 4 is 5.91 Å². The molecule has 0 unspecified atom stereocenters. The number of ether oxygens (including phenoxy) is 1. The molecule has 2 aliphatic rings. The molecule has 98 valence electrons. The van der Waals surface area contributed by atoms with Crippen LogP contribution < -0.4 is 5.32 Å². The van der Waals surface area contributed by atoms with Gasteiger partial charge in [0.2, 0.25) is 5.91 Å². The van der Waals surface area contributed by atoms with Gasteiger partial charge >= 0.3 is 0 Å². The summed E-state index contributed by atoms with van der Waals surface area (Å²) in [6, 6.07) is 0. The van der Waals surface area contributed by atoms with E-state index < -0.39 is 0 Å². The van der Waals surface area contributed by atoms with Gasteiger partial charge in [-0.15, -0.1) is 0 Å². The average molecular weight is 240 g/mol. The number of hydrogen-bond acceptors (Lipinski definition) is 3. The fourth-order valence-corrected chi connectivity index (χ4v) is 2.46. The van der Waals surface area contributed by atoms with E-state index >= 15 is 0 Å². The molecule has 2 aliphatic heterocycles. The summed E-state index contributed by atoms with van der Waals surface area (Å²) in [5, 5.41) is 3.27. The van der Waals surface area contributed by atoms with E-state index in [1.54, 1.807) is 0 Å². The Kier molecular flexibility index (Phi) is 4.40. The summed E-state index contributed by atoms with van der Waals surface area (Å²) in [6.07, 6.45) is 4.87. The second-order valence-electron chi connectivity index (χ2n) is 5.70. The van der Waals surface area contributed by atoms with E-state index in [4.69, 9.17) is 4.74 Å². The van der Waals surface area contributed by atoms with Crippen LogP contribution in [0, 0.1) is 5.41 Å². The van der Waals surface area contributed by atoms with Crippen molar-refractivity contribution in [1.82, 2.24) is 10.2 Å². The molecule has 2 fully saturated rings. The quantitative estimate of drug-likeness (QED) is 0.797. The largest absolute Gasteiger partial charge is 0.380 e. The van der Waals surface area contributed by atoms with Crippen molar-refractivity contribution in [1.29, 1.82) is 0 Å². The first kappa shape index (κ1) is 12.8. The predicted molar refractivity (Wildman–Crippen MR) is 66.8 cm³/mol. The lowest BCUT2D eigenvalue weighted by Gasteiger charge is -2.38. The third-order valence-corrected chi connectivity index (χ3v) is 3.69. The molecule has 0 atom stereocenters. The fourth-order valence-electron chi connectivity index (χ4n) is 2.46. The van der Waals surface area contributed by atoms with Crippen molar-refractivity contribution in [3.8, 4) is 0 Å². The Balaban J connectivity index is 1.65. The minimum Gasteiger partial charge on any atom is -0.380 e. The second kappa shape index (κ2) is 5.83. The van der Waals surface area contributed by atoms with Crippen molar-refractivity contribution in [3.05, 3.63) is 0 Å². The van der Waals surface area contributed by atoms with E-state index in [9.17, 15) is 4.79 Å². The standard InChI is InChI=1S/C13H24N2O2/c1-13(10-17-11-13)9-14-8-12(16)15-6-4-2-3-5-7-15/h14H,2-11H2,1H3. The van der Waals surface area contributed by atoms with Crippen LogP contribution in [0.3, 0.4) is 0 Å². The zero-order chi connectivity index (χ0) is 12.1. The van der Waals surface area contributed by atoms with Gasteiger partial charge < -0.3 is 15.0 Å². The zero-order valence-corrected chi connectivity index (χ0v) is 10.8. The Hall–Kier alpha value is -0.610. The van der Waals surface area contributed by atoms with E-state index in [1.807, 2.05) is 4.90 Å². The molecule has 2 rings (SSSR count). The van der Waals surface area contributed by atoms with Gasteiger partial charge in [-0.25, -0.2) is 0 Å². The molecular weight excluding hydrogens is 216 g/mol. The molecule has 1 N–H and O–H groups in total. The molecule has 0 radical (unpaired) electrons. The second-order valence-corrected chi connectivity index (χ2v) is 5.70. The van der Waals surface area contributed by atoms with Crippen LogP contribution in [0.15, 0.2) is 0 Å². The summed E-state index contributed by atoms with van der Waals surface area (Å²) in [7, 11) is 0. The Bertz CT molecular complexity index is 256. The van der Waals surface area contributed by atoms with Crippen LogP contribution in [0.2, 0.25) is 0 Å². The van der Waals surface area contributed by atoms with Gasteiger partial charge in [-0.05, 0) is 12.8 Å². The Morgan fingerprint density at radius 1 is 1.24 bits per heavy atom. The topological polar surface area (TPSA) is 41.6 Å². The van der Waals surface area contributed by atoms with Crippen molar-refractivity contribution in [2.24, 2.45) is 5.41 Å². The summed E-state index contributed by atoms with van der Waals surface area (Å²) >= 11 is 0. The van der Waals surface area contributed by atoms with Crippen LogP contribution in [-0.4, -0.2) is 50.2 Å². The van der Waals surface area contributed by atoms with Crippen molar-refractivity contribution in [2.75, 3.05) is 39.4 Å². The third-order valence-electron chi connectivity index (χ3n) is 3.69. The van der Waals surface area contributed by atoms with Gasteiger partial charge in [0.1, 0.15) is 0 Å². The first-order valence-electron chi connectivity index (χ1n) is 6.76. The van der Waals surface area contributed by atoms with Gasteiger partial charge in [0.05, 0.1) is 19.8 Å². The monoisotopic (exact) mass is 240 g/mol. The Morgan fingerprint density at radius 2 is 1.88 bits per heavy atom. The summed E-state index contributed by atoms with van der Waals surface area (Å²) in [4.78, 5) is 14.0. The number of hydrogen-bond donors (Lipinski definition) is 1. The molecule has 0 aromatic heterocycles. The molecule has 4 nitrogen and oxygen atoms in total. The van der Waals surface area contributed by atoms with Crippen LogP contribution >= 0.6 is 0 Å². The van der Waals surface area contributed by atoms with E-state index in [0.717, 1.165) is 45.7 Å². The molecule has 0 aliphatic carbocycles. The van der Waals surface area contributed by atoms with Gasteiger partial charge in [-0.1, -0.05) is 19.8 Å². The number of carbonyl (C=O) groups is 1. The summed E-state index contributed by atoms with van der Waals surface area (Å²) in [5.41, 5.74) is 0.249. The Labute approximate surface area is 104 Å². The highest BCUT2D eigenvalue weighted by Gasteiger charge is 2.32. The van der Waals surface area contributed by atoms with Crippen LogP contribution in [0.1, 0.15) is 32.6 Å². The molecule has 2 heterocycles. The molecule has 2 saturated heterocycles. The van der Waals surface area contributed by atoms with Crippen molar-refractivity contribution < 1.29 is 9.53 Å².